The number of nitrogens with one attached hydrogen (secondary N) is 2. The van der Waals surface area contributed by atoms with Crippen molar-refractivity contribution in [1.82, 2.24) is 65.8 Å². The van der Waals surface area contributed by atoms with Crippen LogP contribution in [0, 0.1) is 6.92 Å². The molecule has 6 aromatic heterocycles. The molecule has 0 aliphatic carbocycles. The summed E-state index contributed by atoms with van der Waals surface area (Å²) in [6, 6.07) is 34.1. The molecular weight excluding hydrogens is 1300 g/mol. The van der Waals surface area contributed by atoms with E-state index in [1.54, 1.807) is 76.4 Å². The van der Waals surface area contributed by atoms with Gasteiger partial charge in [-0.2, -0.15) is 0 Å². The molecule has 7 heterocycles. The number of hydrogen-bond acceptors (Lipinski definition) is 25. The van der Waals surface area contributed by atoms with E-state index in [4.69, 9.17) is 36.3 Å². The lowest BCUT2D eigenvalue weighted by Gasteiger charge is -2.22. The van der Waals surface area contributed by atoms with Crippen LogP contribution in [0.4, 0.5) is 17.7 Å². The van der Waals surface area contributed by atoms with Gasteiger partial charge in [-0.1, -0.05) is 91.9 Å². The van der Waals surface area contributed by atoms with Gasteiger partial charge in [-0.3, -0.25) is 4.98 Å². The summed E-state index contributed by atoms with van der Waals surface area (Å²) in [5.41, 5.74) is 21.2. The number of piperidine rings is 1. The molecule has 25 nitrogen and oxygen atoms in total. The van der Waals surface area contributed by atoms with Gasteiger partial charge in [0.1, 0.15) is 5.69 Å². The fourth-order valence-corrected chi connectivity index (χ4v) is 13.0. The van der Waals surface area contributed by atoms with E-state index in [2.05, 4.69) is 85.0 Å². The second-order valence-corrected chi connectivity index (χ2v) is 30.5. The van der Waals surface area contributed by atoms with E-state index in [9.17, 15) is 25.3 Å². The number of aromatic nitrogens is 12. The molecule has 0 spiro atoms. The Bertz CT molecular complexity index is 4890. The molecule has 0 radical (unpaired) electrons. The highest BCUT2D eigenvalue weighted by Gasteiger charge is 2.25. The van der Waals surface area contributed by atoms with Gasteiger partial charge >= 0.3 is 6.01 Å². The third-order valence-corrected chi connectivity index (χ3v) is 21.2. The van der Waals surface area contributed by atoms with Gasteiger partial charge in [-0.05, 0) is 151 Å². The molecule has 1 fully saturated rings. The number of nitrogens with zero attached hydrogens (tertiary/aromatic N) is 12. The number of nitrogens with two attached hydrogens (primary N) is 2. The van der Waals surface area contributed by atoms with Crippen molar-refractivity contribution >= 4 is 58.8 Å². The third kappa shape index (κ3) is 16.3. The summed E-state index contributed by atoms with van der Waals surface area (Å²) in [6.07, 6.45) is 11.9. The number of anilines is 3. The molecule has 1 aliphatic rings. The van der Waals surface area contributed by atoms with Crippen molar-refractivity contribution in [3.63, 3.8) is 0 Å². The smallest absolute Gasteiger partial charge is 0.316 e. The molecule has 0 bridgehead atoms. The minimum Gasteiger partial charge on any atom is -0.414 e. The van der Waals surface area contributed by atoms with Crippen LogP contribution in [0.3, 0.4) is 0 Å². The van der Waals surface area contributed by atoms with E-state index in [-0.39, 0.29) is 57.4 Å². The van der Waals surface area contributed by atoms with Gasteiger partial charge in [0.2, 0.25) is 11.8 Å². The molecule has 0 unspecified atom stereocenters. The average molecular weight is 1380 g/mol. The van der Waals surface area contributed by atoms with E-state index in [1.165, 1.54) is 47.8 Å². The van der Waals surface area contributed by atoms with Crippen molar-refractivity contribution in [3.05, 3.63) is 156 Å². The fourth-order valence-electron chi connectivity index (χ4n) is 9.88. The lowest BCUT2D eigenvalue weighted by Crippen LogP contribution is -2.35. The molecular formula is C67H75ClN16O9S3. The Morgan fingerprint density at radius 1 is 0.531 bits per heavy atom. The van der Waals surface area contributed by atoms with Crippen LogP contribution in [-0.4, -0.2) is 122 Å². The summed E-state index contributed by atoms with van der Waals surface area (Å²) in [4.78, 5) is 27.2. The van der Waals surface area contributed by atoms with Crippen molar-refractivity contribution in [2.24, 2.45) is 0 Å². The molecule has 1 aliphatic heterocycles. The summed E-state index contributed by atoms with van der Waals surface area (Å²) < 4.78 is 90.4. The Hall–Kier alpha value is -9.74. The highest BCUT2D eigenvalue weighted by Crippen LogP contribution is 2.35. The van der Waals surface area contributed by atoms with Crippen LogP contribution < -0.4 is 22.1 Å². The van der Waals surface area contributed by atoms with Crippen LogP contribution in [0.5, 0.6) is 0 Å². The number of benzene rings is 5. The molecule has 11 aromatic rings. The molecule has 29 heteroatoms. The summed E-state index contributed by atoms with van der Waals surface area (Å²) in [7, 11) is -10.1. The normalized spacial score (nSPS) is 12.9. The van der Waals surface area contributed by atoms with Crippen LogP contribution in [0.25, 0.3) is 91.4 Å². The molecule has 0 atom stereocenters. The first-order chi connectivity index (χ1) is 45.9. The van der Waals surface area contributed by atoms with Crippen LogP contribution in [0.2, 0.25) is 5.02 Å². The predicted molar refractivity (Wildman–Crippen MR) is 371 cm³/mol. The number of sulfone groups is 3. The van der Waals surface area contributed by atoms with Gasteiger partial charge in [-0.15, -0.1) is 25.5 Å². The highest BCUT2D eigenvalue weighted by molar-refractivity contribution is 7.92. The predicted octanol–water partition coefficient (Wildman–Crippen LogP) is 12.4. The minimum absolute atomic E-state index is 0. The van der Waals surface area contributed by atoms with Crippen LogP contribution in [0.15, 0.2) is 162 Å². The van der Waals surface area contributed by atoms with Gasteiger partial charge in [-0.25, -0.2) is 50.2 Å². The van der Waals surface area contributed by atoms with Crippen LogP contribution in [0.1, 0.15) is 86.9 Å². The number of hydrogen-bond donors (Lipinski definition) is 4. The maximum atomic E-state index is 12.5. The molecule has 6 N–H and O–H groups in total. The van der Waals surface area contributed by atoms with Crippen molar-refractivity contribution < 1.29 is 41.4 Å². The van der Waals surface area contributed by atoms with Crippen molar-refractivity contribution in [2.75, 3.05) is 36.1 Å². The Balaban J connectivity index is 0.000000186. The van der Waals surface area contributed by atoms with Crippen molar-refractivity contribution in [2.45, 2.75) is 118 Å². The first-order valence-corrected chi connectivity index (χ1v) is 36.2. The lowest BCUT2D eigenvalue weighted by molar-refractivity contribution is 0.464. The minimum atomic E-state index is -3.46. The molecule has 0 saturated carbocycles. The van der Waals surface area contributed by atoms with E-state index < -0.39 is 40.0 Å². The number of rotatable bonds is 19. The molecule has 0 amide bonds. The first-order valence-electron chi connectivity index (χ1n) is 30.8. The monoisotopic (exact) mass is 1380 g/mol. The molecule has 502 valence electrons. The zero-order chi connectivity index (χ0) is 68.5. The van der Waals surface area contributed by atoms with Crippen LogP contribution >= 0.6 is 11.6 Å². The maximum Gasteiger partial charge on any atom is 0.316 e. The van der Waals surface area contributed by atoms with Crippen molar-refractivity contribution in [1.29, 1.82) is 0 Å². The molecule has 12 rings (SSSR count). The van der Waals surface area contributed by atoms with E-state index >= 15 is 0 Å². The van der Waals surface area contributed by atoms with Gasteiger partial charge in [0.15, 0.2) is 52.5 Å². The fraction of sp³-hybridized carbons (Fsp3) is 0.284. The topological polar surface area (TPSA) is 373 Å². The first kappa shape index (κ1) is 69.1. The Morgan fingerprint density at radius 3 is 1.44 bits per heavy atom. The Labute approximate surface area is 564 Å². The molecule has 96 heavy (non-hydrogen) atoms. The average Bonchev–Trinajstić information content (AvgIpc) is 1.08. The van der Waals surface area contributed by atoms with Crippen molar-refractivity contribution in [3.8, 4) is 91.4 Å². The Morgan fingerprint density at radius 2 is 0.948 bits per heavy atom. The molecule has 5 aromatic carbocycles. The summed E-state index contributed by atoms with van der Waals surface area (Å²) >= 11 is 6.42. The largest absolute Gasteiger partial charge is 0.414 e. The lowest BCUT2D eigenvalue weighted by atomic mass is 10.1. The highest BCUT2D eigenvalue weighted by atomic mass is 35.5. The van der Waals surface area contributed by atoms with Gasteiger partial charge in [0, 0.05) is 43.0 Å². The molecule has 1 saturated heterocycles. The van der Waals surface area contributed by atoms with Gasteiger partial charge in [0.05, 0.1) is 71.6 Å². The second-order valence-electron chi connectivity index (χ2n) is 23.1. The van der Waals surface area contributed by atoms with E-state index in [1.807, 2.05) is 55.5 Å². The third-order valence-electron chi connectivity index (χ3n) is 15.4. The number of aryl methyl sites for hydroxylation is 3. The quantitative estimate of drug-likeness (QED) is 0.0584. The van der Waals surface area contributed by atoms with Crippen LogP contribution in [-0.2, 0) is 42.4 Å². The Kier molecular flexibility index (Phi) is 21.5. The van der Waals surface area contributed by atoms with Gasteiger partial charge < -0.3 is 35.4 Å². The maximum absolute atomic E-state index is 12.5. The van der Waals surface area contributed by atoms with E-state index in [0.717, 1.165) is 74.6 Å². The number of halogens is 1. The van der Waals surface area contributed by atoms with E-state index in [0.29, 0.717) is 69.3 Å². The summed E-state index contributed by atoms with van der Waals surface area (Å²) in [5, 5.41) is 30.4. The standard InChI is InChI=1S/C24H24ClN5O3S.C22H21N5O3S.C21H26N6O3S.2H2/c1-4-5-15-6-8-16(9-7-15)23-29-30-24(33-23)21-22(26)27-13-20(28-21)18-11-10-17(12-19(18)25)34(31,32)14(2)3;1-3-4-14-5-7-16(8-6-14)21-26-27-22(30-21)19-20(23)24-13-18(25-19)15-9-11-17(12-10-15)31(2,28)29;1-13(2)31(28,29)17-6-4-15(5-7-17)18-12-23-14(3)19(25-18)20-26-27-21(30-20)24-16-8-10-22-11-9-16;;/h6-14H,4-5H2,1-3H3,(H2,26,27);5-13H,3-4H2,1-2H3,(H2,23,24);4-7,12-13,16,22H,8-11H2,1-3H3,(H,24,27);2*1H. The van der Waals surface area contributed by atoms with Gasteiger partial charge in [0.25, 0.3) is 17.7 Å². The zero-order valence-electron chi connectivity index (χ0n) is 53.9. The summed E-state index contributed by atoms with van der Waals surface area (Å²) in [6.45, 7) is 14.6. The summed E-state index contributed by atoms with van der Waals surface area (Å²) in [5.74, 6) is 1.55. The number of nitrogen functional groups attached to an aromatic ring is 2. The SMILES string of the molecule is CCCc1ccc(-c2nnc(-c3nc(-c4ccc(S(=O)(=O)C(C)C)cc4Cl)cnc3N)o2)cc1.CCCc1ccc(-c2nnc(-c3nc(-c4ccc(S(C)(=O)=O)cc4)cnc3N)o2)cc1.Cc1ncc(-c2ccc(S(=O)(=O)C(C)C)cc2)nc1-c1nnc(NC2CCNCC2)o1.[HH].[HH]. The second kappa shape index (κ2) is 29.9. The zero-order valence-corrected chi connectivity index (χ0v) is 57.1.